The quantitative estimate of drug-likeness (QED) is 0.544. The molecule has 0 bridgehead atoms. The lowest BCUT2D eigenvalue weighted by atomic mass is 10.00. The number of hydrogen-bond acceptors (Lipinski definition) is 1. The van der Waals surface area contributed by atoms with Crippen LogP contribution in [0.25, 0.3) is 6.08 Å². The second-order valence-corrected chi connectivity index (χ2v) is 5.68. The van der Waals surface area contributed by atoms with E-state index in [9.17, 15) is 4.79 Å². The van der Waals surface area contributed by atoms with Gasteiger partial charge in [0.15, 0.2) is 5.78 Å². The van der Waals surface area contributed by atoms with E-state index in [2.05, 4.69) is 50.8 Å². The van der Waals surface area contributed by atoms with Gasteiger partial charge in [-0.3, -0.25) is 4.79 Å². The number of carbonyl (C=O) groups is 1. The summed E-state index contributed by atoms with van der Waals surface area (Å²) in [5.74, 6) is -0.0333. The van der Waals surface area contributed by atoms with Crippen LogP contribution in [-0.2, 0) is 6.42 Å². The van der Waals surface area contributed by atoms with Gasteiger partial charge in [0, 0.05) is 5.56 Å². The molecule has 22 heavy (non-hydrogen) atoms. The lowest BCUT2D eigenvalue weighted by molar-refractivity contribution is 0.104. The Kier molecular flexibility index (Phi) is 5.11. The maximum atomic E-state index is 11.6. The van der Waals surface area contributed by atoms with Crippen molar-refractivity contribution in [3.8, 4) is 0 Å². The second kappa shape index (κ2) is 7.04. The molecular weight excluding hydrogens is 268 g/mol. The summed E-state index contributed by atoms with van der Waals surface area (Å²) in [6.45, 7) is 9.81. The molecule has 0 amide bonds. The van der Waals surface area contributed by atoms with Crippen LogP contribution in [0.4, 0.5) is 0 Å². The van der Waals surface area contributed by atoms with Crippen molar-refractivity contribution in [1.29, 1.82) is 0 Å². The molecule has 112 valence electrons. The van der Waals surface area contributed by atoms with Crippen molar-refractivity contribution < 1.29 is 4.79 Å². The molecule has 1 nitrogen and oxygen atoms in total. The number of carbonyl (C=O) groups excluding carboxylic acids is 1. The Morgan fingerprint density at radius 2 is 1.82 bits per heavy atom. The SMILES string of the molecule is C=CC(=O)c1ccc(C=CCc2cc(C)ccc2C)c(C)c1. The number of ketones is 1. The van der Waals surface area contributed by atoms with Gasteiger partial charge >= 0.3 is 0 Å². The molecule has 0 heterocycles. The number of hydrogen-bond donors (Lipinski definition) is 0. The van der Waals surface area contributed by atoms with Gasteiger partial charge in [0.2, 0.25) is 0 Å². The summed E-state index contributed by atoms with van der Waals surface area (Å²) in [5, 5.41) is 0. The first-order valence-electron chi connectivity index (χ1n) is 7.51. The average Bonchev–Trinajstić information content (AvgIpc) is 2.51. The molecule has 2 aromatic carbocycles. The lowest BCUT2D eigenvalue weighted by Gasteiger charge is -2.05. The Hall–Kier alpha value is -2.41. The molecule has 0 saturated carbocycles. The summed E-state index contributed by atoms with van der Waals surface area (Å²) in [6.07, 6.45) is 6.57. The van der Waals surface area contributed by atoms with Crippen molar-refractivity contribution in [3.63, 3.8) is 0 Å². The normalized spacial score (nSPS) is 10.9. The lowest BCUT2D eigenvalue weighted by Crippen LogP contribution is -1.95. The molecule has 0 radical (unpaired) electrons. The molecule has 0 unspecified atom stereocenters. The fourth-order valence-electron chi connectivity index (χ4n) is 2.47. The average molecular weight is 290 g/mol. The van der Waals surface area contributed by atoms with Crippen molar-refractivity contribution in [2.75, 3.05) is 0 Å². The molecule has 0 aliphatic heterocycles. The smallest absolute Gasteiger partial charge is 0.185 e. The predicted octanol–water partition coefficient (Wildman–Crippen LogP) is 5.24. The van der Waals surface area contributed by atoms with E-state index in [0.29, 0.717) is 5.56 Å². The first-order valence-corrected chi connectivity index (χ1v) is 7.51. The minimum absolute atomic E-state index is 0.0333. The van der Waals surface area contributed by atoms with Crippen molar-refractivity contribution in [2.24, 2.45) is 0 Å². The molecule has 0 N–H and O–H groups in total. The van der Waals surface area contributed by atoms with Gasteiger partial charge in [-0.25, -0.2) is 0 Å². The fraction of sp³-hybridized carbons (Fsp3) is 0.190. The van der Waals surface area contributed by atoms with E-state index < -0.39 is 0 Å². The number of aryl methyl sites for hydroxylation is 3. The van der Waals surface area contributed by atoms with Crippen LogP contribution >= 0.6 is 0 Å². The summed E-state index contributed by atoms with van der Waals surface area (Å²) in [7, 11) is 0. The molecule has 0 aliphatic rings. The minimum atomic E-state index is -0.0333. The van der Waals surface area contributed by atoms with Gasteiger partial charge in [-0.15, -0.1) is 0 Å². The third kappa shape index (κ3) is 3.82. The zero-order valence-electron chi connectivity index (χ0n) is 13.5. The highest BCUT2D eigenvalue weighted by Gasteiger charge is 2.03. The zero-order chi connectivity index (χ0) is 16.1. The second-order valence-electron chi connectivity index (χ2n) is 5.68. The van der Waals surface area contributed by atoms with Crippen LogP contribution < -0.4 is 0 Å². The van der Waals surface area contributed by atoms with Crippen LogP contribution in [0.3, 0.4) is 0 Å². The number of rotatable bonds is 5. The summed E-state index contributed by atoms with van der Waals surface area (Å²) in [4.78, 5) is 11.6. The molecule has 0 aromatic heterocycles. The zero-order valence-corrected chi connectivity index (χ0v) is 13.5. The van der Waals surface area contributed by atoms with E-state index in [0.717, 1.165) is 17.5 Å². The maximum Gasteiger partial charge on any atom is 0.185 e. The molecule has 0 aliphatic carbocycles. The third-order valence-electron chi connectivity index (χ3n) is 3.88. The van der Waals surface area contributed by atoms with Gasteiger partial charge < -0.3 is 0 Å². The molecule has 0 atom stereocenters. The van der Waals surface area contributed by atoms with E-state index in [1.165, 1.54) is 22.8 Å². The van der Waals surface area contributed by atoms with Crippen LogP contribution in [0, 0.1) is 20.8 Å². The topological polar surface area (TPSA) is 17.1 Å². The molecule has 2 rings (SSSR count). The molecule has 0 saturated heterocycles. The highest BCUT2D eigenvalue weighted by molar-refractivity contribution is 6.04. The van der Waals surface area contributed by atoms with Gasteiger partial charge in [0.05, 0.1) is 0 Å². The van der Waals surface area contributed by atoms with Crippen LogP contribution in [0.15, 0.2) is 55.1 Å². The first-order chi connectivity index (χ1) is 10.5. The van der Waals surface area contributed by atoms with Crippen LogP contribution in [0.2, 0.25) is 0 Å². The van der Waals surface area contributed by atoms with E-state index in [-0.39, 0.29) is 5.78 Å². The Morgan fingerprint density at radius 1 is 1.05 bits per heavy atom. The van der Waals surface area contributed by atoms with E-state index in [4.69, 9.17) is 0 Å². The highest BCUT2D eigenvalue weighted by Crippen LogP contribution is 2.16. The van der Waals surface area contributed by atoms with Gasteiger partial charge in [-0.1, -0.05) is 54.6 Å². The third-order valence-corrected chi connectivity index (χ3v) is 3.88. The minimum Gasteiger partial charge on any atom is -0.289 e. The Bertz CT molecular complexity index is 736. The standard InChI is InChI=1S/C21H22O/c1-5-21(22)20-12-11-18(17(4)14-20)7-6-8-19-13-15(2)9-10-16(19)3/h5-7,9-14H,1,8H2,2-4H3. The summed E-state index contributed by atoms with van der Waals surface area (Å²) < 4.78 is 0. The molecular formula is C21H22O. The van der Waals surface area contributed by atoms with E-state index in [1.54, 1.807) is 0 Å². The van der Waals surface area contributed by atoms with Crippen molar-refractivity contribution in [1.82, 2.24) is 0 Å². The fourth-order valence-corrected chi connectivity index (χ4v) is 2.47. The first kappa shape index (κ1) is 16.0. The molecule has 2 aromatic rings. The van der Waals surface area contributed by atoms with Gasteiger partial charge in [-0.05, 0) is 61.6 Å². The Labute approximate surface area is 133 Å². The van der Waals surface area contributed by atoms with E-state index in [1.807, 2.05) is 25.1 Å². The molecule has 0 fully saturated rings. The Balaban J connectivity index is 2.15. The molecule has 1 heteroatoms. The summed E-state index contributed by atoms with van der Waals surface area (Å²) in [5.41, 5.74) is 6.90. The number of benzene rings is 2. The van der Waals surface area contributed by atoms with Crippen LogP contribution in [-0.4, -0.2) is 5.78 Å². The van der Waals surface area contributed by atoms with Crippen molar-refractivity contribution in [3.05, 3.63) is 88.5 Å². The number of allylic oxidation sites excluding steroid dienone is 2. The van der Waals surface area contributed by atoms with Crippen LogP contribution in [0.5, 0.6) is 0 Å². The molecule has 0 spiro atoms. The van der Waals surface area contributed by atoms with Crippen LogP contribution in [0.1, 0.15) is 38.2 Å². The van der Waals surface area contributed by atoms with E-state index >= 15 is 0 Å². The monoisotopic (exact) mass is 290 g/mol. The summed E-state index contributed by atoms with van der Waals surface area (Å²) >= 11 is 0. The van der Waals surface area contributed by atoms with Crippen molar-refractivity contribution >= 4 is 11.9 Å². The van der Waals surface area contributed by atoms with Gasteiger partial charge in [0.25, 0.3) is 0 Å². The van der Waals surface area contributed by atoms with Gasteiger partial charge in [0.1, 0.15) is 0 Å². The van der Waals surface area contributed by atoms with Gasteiger partial charge in [-0.2, -0.15) is 0 Å². The largest absolute Gasteiger partial charge is 0.289 e. The maximum absolute atomic E-state index is 11.6. The summed E-state index contributed by atoms with van der Waals surface area (Å²) in [6, 6.07) is 12.3. The van der Waals surface area contributed by atoms with Crippen molar-refractivity contribution in [2.45, 2.75) is 27.2 Å². The predicted molar refractivity (Wildman–Crippen MR) is 94.4 cm³/mol. The Morgan fingerprint density at radius 3 is 2.50 bits per heavy atom. The highest BCUT2D eigenvalue weighted by atomic mass is 16.1.